The molecule has 1 aromatic carbocycles. The SMILES string of the molecule is CC[C@H](NC(=O)Cc1c(C)[nH]c2c(C)ccc(C)c12)c1cn2cccnc2n1. The molecule has 4 rings (SSSR count). The van der Waals surface area contributed by atoms with E-state index in [9.17, 15) is 4.79 Å². The van der Waals surface area contributed by atoms with Crippen molar-refractivity contribution in [3.8, 4) is 0 Å². The average Bonchev–Trinajstić information content (AvgIpc) is 3.25. The Kier molecular flexibility index (Phi) is 4.63. The maximum absolute atomic E-state index is 12.9. The predicted molar refractivity (Wildman–Crippen MR) is 110 cm³/mol. The number of nitrogens with zero attached hydrogens (tertiary/aromatic N) is 3. The molecule has 0 saturated heterocycles. The average molecular weight is 375 g/mol. The lowest BCUT2D eigenvalue weighted by molar-refractivity contribution is -0.121. The minimum absolute atomic E-state index is 0.00164. The zero-order chi connectivity index (χ0) is 19.8. The fourth-order valence-corrected chi connectivity index (χ4v) is 3.84. The molecular formula is C22H25N5O. The molecule has 4 aromatic rings. The summed E-state index contributed by atoms with van der Waals surface area (Å²) in [4.78, 5) is 25.2. The second kappa shape index (κ2) is 7.11. The van der Waals surface area contributed by atoms with Crippen molar-refractivity contribution < 1.29 is 4.79 Å². The van der Waals surface area contributed by atoms with Gasteiger partial charge in [0.2, 0.25) is 11.7 Å². The molecule has 0 spiro atoms. The van der Waals surface area contributed by atoms with E-state index in [1.54, 1.807) is 6.20 Å². The highest BCUT2D eigenvalue weighted by Crippen LogP contribution is 2.28. The second-order valence-electron chi connectivity index (χ2n) is 7.38. The van der Waals surface area contributed by atoms with Gasteiger partial charge in [-0.15, -0.1) is 0 Å². The van der Waals surface area contributed by atoms with Gasteiger partial charge >= 0.3 is 0 Å². The summed E-state index contributed by atoms with van der Waals surface area (Å²) in [6.45, 7) is 8.26. The van der Waals surface area contributed by atoms with Crippen molar-refractivity contribution in [2.45, 2.75) is 46.6 Å². The van der Waals surface area contributed by atoms with E-state index >= 15 is 0 Å². The second-order valence-corrected chi connectivity index (χ2v) is 7.38. The molecule has 28 heavy (non-hydrogen) atoms. The summed E-state index contributed by atoms with van der Waals surface area (Å²) in [5.41, 5.74) is 6.45. The molecule has 3 aromatic heterocycles. The van der Waals surface area contributed by atoms with Gasteiger partial charge in [0.1, 0.15) is 0 Å². The van der Waals surface area contributed by atoms with E-state index in [-0.39, 0.29) is 11.9 Å². The summed E-state index contributed by atoms with van der Waals surface area (Å²) in [5.74, 6) is 0.644. The van der Waals surface area contributed by atoms with Crippen LogP contribution in [0.2, 0.25) is 0 Å². The normalized spacial score (nSPS) is 12.6. The summed E-state index contributed by atoms with van der Waals surface area (Å²) in [6, 6.07) is 5.96. The van der Waals surface area contributed by atoms with Gasteiger partial charge in [-0.2, -0.15) is 0 Å². The van der Waals surface area contributed by atoms with Crippen LogP contribution in [0.5, 0.6) is 0 Å². The fraction of sp³-hybridized carbons (Fsp3) is 0.318. The Morgan fingerprint density at radius 3 is 2.79 bits per heavy atom. The number of benzene rings is 1. The number of aromatic nitrogens is 4. The Balaban J connectivity index is 1.59. The predicted octanol–water partition coefficient (Wildman–Crippen LogP) is 3.95. The van der Waals surface area contributed by atoms with Crippen molar-refractivity contribution >= 4 is 22.6 Å². The molecule has 3 heterocycles. The zero-order valence-corrected chi connectivity index (χ0v) is 16.7. The van der Waals surface area contributed by atoms with E-state index < -0.39 is 0 Å². The van der Waals surface area contributed by atoms with Crippen LogP contribution in [0.1, 0.15) is 47.5 Å². The van der Waals surface area contributed by atoms with Crippen LogP contribution in [0, 0.1) is 20.8 Å². The van der Waals surface area contributed by atoms with Crippen LogP contribution < -0.4 is 5.32 Å². The number of fused-ring (bicyclic) bond motifs is 2. The first-order valence-corrected chi connectivity index (χ1v) is 9.64. The smallest absolute Gasteiger partial charge is 0.233 e. The minimum atomic E-state index is -0.137. The van der Waals surface area contributed by atoms with E-state index in [0.29, 0.717) is 12.2 Å². The number of hydrogen-bond acceptors (Lipinski definition) is 3. The molecule has 144 valence electrons. The molecule has 1 atom stereocenters. The van der Waals surface area contributed by atoms with E-state index in [4.69, 9.17) is 0 Å². The number of carbonyl (C=O) groups is 1. The molecule has 0 fully saturated rings. The summed E-state index contributed by atoms with van der Waals surface area (Å²) >= 11 is 0. The summed E-state index contributed by atoms with van der Waals surface area (Å²) < 4.78 is 1.88. The molecule has 0 aliphatic rings. The molecule has 1 amide bonds. The van der Waals surface area contributed by atoms with Crippen molar-refractivity contribution in [1.82, 2.24) is 24.7 Å². The van der Waals surface area contributed by atoms with Crippen molar-refractivity contribution in [2.75, 3.05) is 0 Å². The van der Waals surface area contributed by atoms with Crippen LogP contribution in [-0.2, 0) is 11.2 Å². The third-order valence-electron chi connectivity index (χ3n) is 5.38. The topological polar surface area (TPSA) is 75.1 Å². The molecular weight excluding hydrogens is 350 g/mol. The molecule has 2 N–H and O–H groups in total. The van der Waals surface area contributed by atoms with Gasteiger partial charge in [-0.1, -0.05) is 19.1 Å². The van der Waals surface area contributed by atoms with Crippen LogP contribution in [0.25, 0.3) is 16.7 Å². The van der Waals surface area contributed by atoms with E-state index in [1.165, 1.54) is 11.1 Å². The first-order valence-electron chi connectivity index (χ1n) is 9.64. The number of rotatable bonds is 5. The van der Waals surface area contributed by atoms with Crippen LogP contribution in [0.15, 0.2) is 36.8 Å². The number of H-pyrrole nitrogens is 1. The van der Waals surface area contributed by atoms with Crippen molar-refractivity contribution in [2.24, 2.45) is 0 Å². The molecule has 6 heteroatoms. The fourth-order valence-electron chi connectivity index (χ4n) is 3.84. The number of imidazole rings is 1. The van der Waals surface area contributed by atoms with Crippen LogP contribution >= 0.6 is 0 Å². The third kappa shape index (κ3) is 3.15. The quantitative estimate of drug-likeness (QED) is 0.555. The number of aryl methyl sites for hydroxylation is 3. The summed E-state index contributed by atoms with van der Waals surface area (Å²) in [7, 11) is 0. The number of hydrogen-bond donors (Lipinski definition) is 2. The number of aromatic amines is 1. The molecule has 0 radical (unpaired) electrons. The highest BCUT2D eigenvalue weighted by Gasteiger charge is 2.19. The number of nitrogens with one attached hydrogen (secondary N) is 2. The lowest BCUT2D eigenvalue weighted by atomic mass is 10.0. The van der Waals surface area contributed by atoms with Crippen LogP contribution in [0.3, 0.4) is 0 Å². The Morgan fingerprint density at radius 2 is 2.04 bits per heavy atom. The van der Waals surface area contributed by atoms with E-state index in [2.05, 4.69) is 46.2 Å². The Morgan fingerprint density at radius 1 is 1.25 bits per heavy atom. The van der Waals surface area contributed by atoms with Gasteiger partial charge in [0.05, 0.1) is 18.2 Å². The monoisotopic (exact) mass is 375 g/mol. The van der Waals surface area contributed by atoms with Crippen LogP contribution in [0.4, 0.5) is 0 Å². The van der Waals surface area contributed by atoms with Gasteiger partial charge in [0.15, 0.2) is 0 Å². The van der Waals surface area contributed by atoms with Gasteiger partial charge in [0, 0.05) is 35.2 Å². The van der Waals surface area contributed by atoms with Crippen molar-refractivity contribution in [1.29, 1.82) is 0 Å². The molecule has 0 unspecified atom stereocenters. The van der Waals surface area contributed by atoms with Crippen molar-refractivity contribution in [3.05, 3.63) is 64.9 Å². The Labute approximate surface area is 164 Å². The molecule has 0 bridgehead atoms. The highest BCUT2D eigenvalue weighted by atomic mass is 16.1. The molecule has 0 aliphatic carbocycles. The number of amides is 1. The lowest BCUT2D eigenvalue weighted by Crippen LogP contribution is -2.29. The van der Waals surface area contributed by atoms with Crippen molar-refractivity contribution in [3.63, 3.8) is 0 Å². The van der Waals surface area contributed by atoms with E-state index in [1.807, 2.05) is 36.7 Å². The van der Waals surface area contributed by atoms with Crippen LogP contribution in [-0.4, -0.2) is 25.3 Å². The first-order chi connectivity index (χ1) is 13.5. The third-order valence-corrected chi connectivity index (χ3v) is 5.38. The largest absolute Gasteiger partial charge is 0.358 e. The maximum atomic E-state index is 12.9. The van der Waals surface area contributed by atoms with Gasteiger partial charge in [0.25, 0.3) is 0 Å². The van der Waals surface area contributed by atoms with E-state index in [0.717, 1.165) is 34.3 Å². The Hall–Kier alpha value is -3.15. The molecule has 0 aliphatic heterocycles. The first kappa shape index (κ1) is 18.2. The lowest BCUT2D eigenvalue weighted by Gasteiger charge is -2.15. The molecule has 0 saturated carbocycles. The number of carbonyl (C=O) groups excluding carboxylic acids is 1. The Bertz CT molecular complexity index is 1140. The highest BCUT2D eigenvalue weighted by molar-refractivity contribution is 5.93. The maximum Gasteiger partial charge on any atom is 0.233 e. The molecule has 6 nitrogen and oxygen atoms in total. The van der Waals surface area contributed by atoms with Gasteiger partial charge in [-0.05, 0) is 49.9 Å². The summed E-state index contributed by atoms with van der Waals surface area (Å²) in [6.07, 6.45) is 6.67. The minimum Gasteiger partial charge on any atom is -0.358 e. The summed E-state index contributed by atoms with van der Waals surface area (Å²) in [5, 5.41) is 4.32. The van der Waals surface area contributed by atoms with Gasteiger partial charge < -0.3 is 10.3 Å². The zero-order valence-electron chi connectivity index (χ0n) is 16.7. The van der Waals surface area contributed by atoms with Gasteiger partial charge in [-0.3, -0.25) is 9.20 Å². The van der Waals surface area contributed by atoms with Gasteiger partial charge in [-0.25, -0.2) is 9.97 Å². The standard InChI is InChI=1S/C22H25N5O/c1-5-17(18-12-27-10-6-9-23-22(27)26-18)25-19(28)11-16-15(4)24-21-14(3)8-7-13(2)20(16)21/h6-10,12,17,24H,5,11H2,1-4H3,(H,25,28)/t17-/m0/s1.